The van der Waals surface area contributed by atoms with Gasteiger partial charge in [-0.1, -0.05) is 5.16 Å². The highest BCUT2D eigenvalue weighted by Crippen LogP contribution is 2.42. The van der Waals surface area contributed by atoms with E-state index in [2.05, 4.69) is 9.72 Å². The molecule has 1 amide bonds. The van der Waals surface area contributed by atoms with Crippen LogP contribution in [0.4, 0.5) is 10.1 Å². The number of methoxy groups -OCH3 is 1. The number of aliphatic hydroxyl groups excluding tert-OH is 1. The molecule has 6 rings (SSSR count). The summed E-state index contributed by atoms with van der Waals surface area (Å²) in [7, 11) is 1.42. The summed E-state index contributed by atoms with van der Waals surface area (Å²) in [5.41, 5.74) is 4.94. The number of aliphatic hydroxyl groups is 1. The van der Waals surface area contributed by atoms with Crippen LogP contribution in [-0.2, 0) is 4.79 Å². The van der Waals surface area contributed by atoms with Gasteiger partial charge in [-0.05, 0) is 58.1 Å². The number of hydrogen-bond donors (Lipinski definition) is 1. The van der Waals surface area contributed by atoms with Crippen LogP contribution in [0, 0.1) is 19.7 Å². The highest BCUT2D eigenvalue weighted by atomic mass is 19.1. The van der Waals surface area contributed by atoms with Gasteiger partial charge in [0, 0.05) is 48.0 Å². The number of carbonyl (C=O) groups is 1. The van der Waals surface area contributed by atoms with E-state index in [1.807, 2.05) is 19.9 Å². The van der Waals surface area contributed by atoms with E-state index in [1.165, 1.54) is 13.2 Å². The Kier molecular flexibility index (Phi) is 6.14. The van der Waals surface area contributed by atoms with E-state index in [1.54, 1.807) is 17.2 Å². The van der Waals surface area contributed by atoms with Crippen LogP contribution in [-0.4, -0.2) is 50.5 Å². The van der Waals surface area contributed by atoms with Crippen LogP contribution in [0.5, 0.6) is 5.75 Å². The summed E-state index contributed by atoms with van der Waals surface area (Å²) in [5, 5.41) is 14.3. The molecule has 0 bridgehead atoms. The van der Waals surface area contributed by atoms with Crippen LogP contribution in [0.3, 0.4) is 0 Å². The molecule has 4 heterocycles. The highest BCUT2D eigenvalue weighted by molar-refractivity contribution is 5.99. The van der Waals surface area contributed by atoms with Gasteiger partial charge in [0.25, 0.3) is 0 Å². The molecule has 1 aromatic carbocycles. The molecule has 0 atom stereocenters. The maximum Gasteiger partial charge on any atom is 0.227 e. The normalized spacial score (nSPS) is 20.0. The Bertz CT molecular complexity index is 1520. The summed E-state index contributed by atoms with van der Waals surface area (Å²) < 4.78 is 27.8. The minimum atomic E-state index is -0.534. The number of imidazole rings is 1. The molecule has 10 heteroatoms. The Morgan fingerprint density at radius 2 is 1.95 bits per heavy atom. The first kappa shape index (κ1) is 24.5. The fourth-order valence-corrected chi connectivity index (χ4v) is 5.87. The van der Waals surface area contributed by atoms with Crippen LogP contribution >= 0.6 is 0 Å². The zero-order valence-corrected chi connectivity index (χ0v) is 21.7. The molecule has 0 radical (unpaired) electrons. The summed E-state index contributed by atoms with van der Waals surface area (Å²) in [6.45, 7) is 4.26. The average molecular weight is 520 g/mol. The molecule has 1 N–H and O–H groups in total. The molecule has 0 spiro atoms. The maximum absolute atomic E-state index is 15.0. The molecule has 38 heavy (non-hydrogen) atoms. The smallest absolute Gasteiger partial charge is 0.227 e. The Morgan fingerprint density at radius 3 is 2.61 bits per heavy atom. The van der Waals surface area contributed by atoms with Gasteiger partial charge in [0.15, 0.2) is 17.2 Å². The van der Waals surface area contributed by atoms with Crippen molar-refractivity contribution < 1.29 is 23.6 Å². The van der Waals surface area contributed by atoms with Gasteiger partial charge in [-0.15, -0.1) is 0 Å². The molecule has 1 saturated carbocycles. The monoisotopic (exact) mass is 519 g/mol. The van der Waals surface area contributed by atoms with Crippen molar-refractivity contribution in [3.05, 3.63) is 41.7 Å². The number of nitrogens with zero attached hydrogens (tertiary/aromatic N) is 5. The molecular weight excluding hydrogens is 489 g/mol. The zero-order chi connectivity index (χ0) is 26.6. The van der Waals surface area contributed by atoms with Gasteiger partial charge in [0.05, 0.1) is 24.6 Å². The van der Waals surface area contributed by atoms with Crippen LogP contribution in [0.2, 0.25) is 0 Å². The van der Waals surface area contributed by atoms with Crippen molar-refractivity contribution in [3.63, 3.8) is 0 Å². The number of pyridine rings is 1. The third-order valence-electron chi connectivity index (χ3n) is 7.76. The molecule has 2 fully saturated rings. The molecular formula is C28H30FN5O4. The number of fused-ring (bicyclic) bond motifs is 1. The first-order chi connectivity index (χ1) is 18.4. The fourth-order valence-electron chi connectivity index (χ4n) is 5.87. The number of ether oxygens (including phenoxy) is 1. The van der Waals surface area contributed by atoms with Gasteiger partial charge in [-0.2, -0.15) is 0 Å². The number of amides is 1. The topological polar surface area (TPSA) is 107 Å². The first-order valence-electron chi connectivity index (χ1n) is 13.0. The van der Waals surface area contributed by atoms with Crippen LogP contribution in [0.25, 0.3) is 33.7 Å². The van der Waals surface area contributed by atoms with Gasteiger partial charge >= 0.3 is 0 Å². The van der Waals surface area contributed by atoms with Crippen molar-refractivity contribution in [1.82, 2.24) is 19.7 Å². The van der Waals surface area contributed by atoms with E-state index in [9.17, 15) is 14.3 Å². The van der Waals surface area contributed by atoms with E-state index in [0.29, 0.717) is 66.2 Å². The predicted molar refractivity (Wildman–Crippen MR) is 140 cm³/mol. The first-order valence-corrected chi connectivity index (χ1v) is 13.0. The highest BCUT2D eigenvalue weighted by Gasteiger charge is 2.31. The molecule has 0 unspecified atom stereocenters. The third kappa shape index (κ3) is 4.03. The van der Waals surface area contributed by atoms with Gasteiger partial charge in [-0.3, -0.25) is 4.79 Å². The third-order valence-corrected chi connectivity index (χ3v) is 7.76. The predicted octanol–water partition coefficient (Wildman–Crippen LogP) is 5.12. The van der Waals surface area contributed by atoms with Crippen molar-refractivity contribution in [2.24, 2.45) is 0 Å². The van der Waals surface area contributed by atoms with Crippen LogP contribution < -0.4 is 9.64 Å². The van der Waals surface area contributed by atoms with E-state index < -0.39 is 5.82 Å². The molecule has 1 aliphatic heterocycles. The van der Waals surface area contributed by atoms with Crippen molar-refractivity contribution in [3.8, 4) is 28.3 Å². The standard InChI is InChI=1S/C28H30FN5O4/c1-15-26(16(2)38-32-15)17-11-22-28(30-14-17)34(18-6-8-19(35)9-7-18)27(31-22)20-12-24(37-3)21(29)13-23(20)33-10-4-5-25(33)36/h11-14,18-19,35H,4-10H2,1-3H3. The molecule has 198 valence electrons. The molecule has 2 aliphatic rings. The van der Waals surface area contributed by atoms with Crippen molar-refractivity contribution in [2.45, 2.75) is 64.5 Å². The number of halogens is 1. The lowest BCUT2D eigenvalue weighted by molar-refractivity contribution is -0.117. The number of carbonyl (C=O) groups excluding carboxylic acids is 1. The van der Waals surface area contributed by atoms with Crippen LogP contribution in [0.1, 0.15) is 56.0 Å². The van der Waals surface area contributed by atoms with E-state index in [-0.39, 0.29) is 23.8 Å². The number of benzene rings is 1. The Morgan fingerprint density at radius 1 is 1.16 bits per heavy atom. The quantitative estimate of drug-likeness (QED) is 0.390. The molecule has 3 aromatic heterocycles. The van der Waals surface area contributed by atoms with E-state index in [4.69, 9.17) is 19.2 Å². The van der Waals surface area contributed by atoms with Crippen molar-refractivity contribution >= 4 is 22.8 Å². The van der Waals surface area contributed by atoms with Gasteiger partial charge in [-0.25, -0.2) is 14.4 Å². The number of hydrogen-bond acceptors (Lipinski definition) is 7. The fraction of sp³-hybridized carbons (Fsp3) is 0.429. The summed E-state index contributed by atoms with van der Waals surface area (Å²) in [6.07, 6.45) is 5.46. The Balaban J connectivity index is 1.59. The van der Waals surface area contributed by atoms with Crippen molar-refractivity contribution in [1.29, 1.82) is 0 Å². The van der Waals surface area contributed by atoms with E-state index in [0.717, 1.165) is 29.7 Å². The van der Waals surface area contributed by atoms with Gasteiger partial charge < -0.3 is 23.8 Å². The molecule has 1 saturated heterocycles. The lowest BCUT2D eigenvalue weighted by Crippen LogP contribution is -2.25. The number of rotatable bonds is 5. The minimum Gasteiger partial charge on any atom is -0.494 e. The summed E-state index contributed by atoms with van der Waals surface area (Å²) in [6, 6.07) is 5.00. The second-order valence-electron chi connectivity index (χ2n) is 10.2. The summed E-state index contributed by atoms with van der Waals surface area (Å²) in [4.78, 5) is 24.3. The molecule has 1 aliphatic carbocycles. The zero-order valence-electron chi connectivity index (χ0n) is 21.7. The minimum absolute atomic E-state index is 0.0361. The number of aryl methyl sites for hydroxylation is 2. The summed E-state index contributed by atoms with van der Waals surface area (Å²) >= 11 is 0. The van der Waals surface area contributed by atoms with Gasteiger partial charge in [0.2, 0.25) is 5.91 Å². The summed E-state index contributed by atoms with van der Waals surface area (Å²) in [5.74, 6) is 0.796. The van der Waals surface area contributed by atoms with Crippen molar-refractivity contribution in [2.75, 3.05) is 18.6 Å². The Labute approximate surface area is 219 Å². The molecule has 4 aromatic rings. The van der Waals surface area contributed by atoms with E-state index >= 15 is 0 Å². The second-order valence-corrected chi connectivity index (χ2v) is 10.2. The second kappa shape index (κ2) is 9.50. The van der Waals surface area contributed by atoms with Gasteiger partial charge in [0.1, 0.15) is 17.1 Å². The SMILES string of the molecule is COc1cc(-c2nc3cc(-c4c(C)noc4C)cnc3n2C2CCC(O)CC2)c(N2CCCC2=O)cc1F. The number of anilines is 1. The largest absolute Gasteiger partial charge is 0.494 e. The van der Waals surface area contributed by atoms with Crippen LogP contribution in [0.15, 0.2) is 28.9 Å². The lowest BCUT2D eigenvalue weighted by Gasteiger charge is -2.29. The molecule has 9 nitrogen and oxygen atoms in total. The maximum atomic E-state index is 15.0. The average Bonchev–Trinajstić information content (AvgIpc) is 3.60. The lowest BCUT2D eigenvalue weighted by atomic mass is 9.92. The Hall–Kier alpha value is -3.79. The number of aromatic nitrogens is 4.